The molecule has 0 spiro atoms. The van der Waals surface area contributed by atoms with E-state index in [0.717, 1.165) is 25.5 Å². The Morgan fingerprint density at radius 3 is 2.62 bits per heavy atom. The summed E-state index contributed by atoms with van der Waals surface area (Å²) < 4.78 is 0. The van der Waals surface area contributed by atoms with E-state index >= 15 is 0 Å². The van der Waals surface area contributed by atoms with Crippen LogP contribution in [0.1, 0.15) is 24.8 Å². The first-order valence-electron chi connectivity index (χ1n) is 8.64. The monoisotopic (exact) mass is 326 g/mol. The van der Waals surface area contributed by atoms with Gasteiger partial charge in [0.05, 0.1) is 0 Å². The van der Waals surface area contributed by atoms with Crippen LogP contribution in [-0.4, -0.2) is 61.4 Å². The number of nitrogens with one attached hydrogen (secondary N) is 1. The van der Waals surface area contributed by atoms with E-state index in [1.165, 1.54) is 24.0 Å². The first-order chi connectivity index (χ1) is 11.6. The zero-order valence-electron chi connectivity index (χ0n) is 14.5. The molecule has 1 aromatic carbocycles. The Morgan fingerprint density at radius 2 is 2.04 bits per heavy atom. The quantitative estimate of drug-likeness (QED) is 0.680. The summed E-state index contributed by atoms with van der Waals surface area (Å²) >= 11 is 0. The van der Waals surface area contributed by atoms with Crippen molar-refractivity contribution in [2.24, 2.45) is 4.99 Å². The van der Waals surface area contributed by atoms with Crippen molar-refractivity contribution in [1.82, 2.24) is 15.1 Å². The molecular weight excluding hydrogens is 300 g/mol. The predicted octanol–water partition coefficient (Wildman–Crippen LogP) is 1.97. The van der Waals surface area contributed by atoms with Crippen LogP contribution >= 0.6 is 0 Å². The van der Waals surface area contributed by atoms with Gasteiger partial charge in [-0.05, 0) is 30.4 Å². The van der Waals surface area contributed by atoms with E-state index in [4.69, 9.17) is 0 Å². The molecule has 24 heavy (non-hydrogen) atoms. The van der Waals surface area contributed by atoms with E-state index in [1.54, 1.807) is 19.0 Å². The van der Waals surface area contributed by atoms with Crippen molar-refractivity contribution in [3.63, 3.8) is 0 Å². The molecule has 1 heterocycles. The van der Waals surface area contributed by atoms with Crippen LogP contribution in [-0.2, 0) is 4.79 Å². The molecule has 2 aliphatic rings. The third-order valence-corrected chi connectivity index (χ3v) is 4.43. The molecular formula is C19H26N4O. The van der Waals surface area contributed by atoms with Crippen molar-refractivity contribution in [3.05, 3.63) is 42.0 Å². The SMILES string of the molecule is CN(C)C(=O)CN=C(NC1CC1)N1CC=C(c2ccccc2)CC1. The molecule has 0 atom stereocenters. The van der Waals surface area contributed by atoms with Gasteiger partial charge in [0, 0.05) is 33.2 Å². The minimum absolute atomic E-state index is 0.0302. The number of amides is 1. The molecule has 1 saturated carbocycles. The lowest BCUT2D eigenvalue weighted by Crippen LogP contribution is -2.45. The lowest BCUT2D eigenvalue weighted by Gasteiger charge is -2.30. The van der Waals surface area contributed by atoms with Gasteiger partial charge in [-0.2, -0.15) is 0 Å². The molecule has 3 rings (SSSR count). The van der Waals surface area contributed by atoms with Crippen LogP contribution in [0.3, 0.4) is 0 Å². The highest BCUT2D eigenvalue weighted by molar-refractivity contribution is 5.86. The van der Waals surface area contributed by atoms with Crippen molar-refractivity contribution in [1.29, 1.82) is 0 Å². The Balaban J connectivity index is 1.67. The van der Waals surface area contributed by atoms with Gasteiger partial charge in [-0.3, -0.25) is 4.79 Å². The van der Waals surface area contributed by atoms with Gasteiger partial charge in [0.15, 0.2) is 5.96 Å². The van der Waals surface area contributed by atoms with E-state index in [2.05, 4.69) is 45.6 Å². The van der Waals surface area contributed by atoms with Gasteiger partial charge >= 0.3 is 0 Å². The van der Waals surface area contributed by atoms with Gasteiger partial charge in [-0.1, -0.05) is 36.4 Å². The topological polar surface area (TPSA) is 47.9 Å². The number of hydrogen-bond donors (Lipinski definition) is 1. The molecule has 1 aliphatic heterocycles. The number of benzene rings is 1. The molecule has 1 fully saturated rings. The smallest absolute Gasteiger partial charge is 0.243 e. The minimum Gasteiger partial charge on any atom is -0.353 e. The zero-order valence-corrected chi connectivity index (χ0v) is 14.5. The maximum absolute atomic E-state index is 11.8. The molecule has 128 valence electrons. The predicted molar refractivity (Wildman–Crippen MR) is 97.8 cm³/mol. The number of nitrogens with zero attached hydrogens (tertiary/aromatic N) is 3. The Bertz CT molecular complexity index is 632. The second kappa shape index (κ2) is 7.51. The summed E-state index contributed by atoms with van der Waals surface area (Å²) in [7, 11) is 3.53. The highest BCUT2D eigenvalue weighted by atomic mass is 16.2. The zero-order chi connectivity index (χ0) is 16.9. The molecule has 1 N–H and O–H groups in total. The number of likely N-dealkylation sites (N-methyl/N-ethyl adjacent to an activating group) is 1. The van der Waals surface area contributed by atoms with Crippen LogP contribution in [0, 0.1) is 0 Å². The van der Waals surface area contributed by atoms with Crippen molar-refractivity contribution < 1.29 is 4.79 Å². The molecule has 5 nitrogen and oxygen atoms in total. The van der Waals surface area contributed by atoms with E-state index in [-0.39, 0.29) is 12.5 Å². The lowest BCUT2D eigenvalue weighted by molar-refractivity contribution is -0.127. The average Bonchev–Trinajstić information content (AvgIpc) is 3.43. The molecule has 0 radical (unpaired) electrons. The van der Waals surface area contributed by atoms with E-state index in [1.807, 2.05) is 6.07 Å². The van der Waals surface area contributed by atoms with Crippen molar-refractivity contribution in [3.8, 4) is 0 Å². The van der Waals surface area contributed by atoms with E-state index in [0.29, 0.717) is 6.04 Å². The summed E-state index contributed by atoms with van der Waals surface area (Å²) in [6.07, 6.45) is 5.66. The number of hydrogen-bond acceptors (Lipinski definition) is 2. The molecule has 1 amide bonds. The van der Waals surface area contributed by atoms with E-state index in [9.17, 15) is 4.79 Å². The molecule has 1 aliphatic carbocycles. The Labute approximate surface area is 144 Å². The van der Waals surface area contributed by atoms with Crippen LogP contribution in [0.4, 0.5) is 0 Å². The number of carbonyl (C=O) groups is 1. The number of guanidine groups is 1. The molecule has 0 unspecified atom stereocenters. The first-order valence-corrected chi connectivity index (χ1v) is 8.64. The maximum Gasteiger partial charge on any atom is 0.243 e. The summed E-state index contributed by atoms with van der Waals surface area (Å²) in [6.45, 7) is 1.96. The van der Waals surface area contributed by atoms with Crippen LogP contribution < -0.4 is 5.32 Å². The number of carbonyl (C=O) groups excluding carboxylic acids is 1. The third-order valence-electron chi connectivity index (χ3n) is 4.43. The number of aliphatic imine (C=N–C) groups is 1. The number of rotatable bonds is 4. The van der Waals surface area contributed by atoms with Gasteiger partial charge in [0.2, 0.25) is 5.91 Å². The Morgan fingerprint density at radius 1 is 1.29 bits per heavy atom. The third kappa shape index (κ3) is 4.37. The maximum atomic E-state index is 11.8. The van der Waals surface area contributed by atoms with Gasteiger partial charge in [-0.25, -0.2) is 4.99 Å². The van der Waals surface area contributed by atoms with Crippen LogP contribution in [0.15, 0.2) is 41.4 Å². The summed E-state index contributed by atoms with van der Waals surface area (Å²) in [5.74, 6) is 0.902. The summed E-state index contributed by atoms with van der Waals surface area (Å²) in [4.78, 5) is 20.2. The van der Waals surface area contributed by atoms with Crippen LogP contribution in [0.5, 0.6) is 0 Å². The molecule has 0 aromatic heterocycles. The second-order valence-electron chi connectivity index (χ2n) is 6.64. The van der Waals surface area contributed by atoms with Gasteiger partial charge in [-0.15, -0.1) is 0 Å². The minimum atomic E-state index is 0.0302. The normalized spacial score (nSPS) is 18.2. The highest BCUT2D eigenvalue weighted by Gasteiger charge is 2.25. The molecule has 0 bridgehead atoms. The van der Waals surface area contributed by atoms with Crippen molar-refractivity contribution >= 4 is 17.4 Å². The largest absolute Gasteiger partial charge is 0.353 e. The fourth-order valence-electron chi connectivity index (χ4n) is 2.71. The highest BCUT2D eigenvalue weighted by Crippen LogP contribution is 2.23. The van der Waals surface area contributed by atoms with Crippen molar-refractivity contribution in [2.75, 3.05) is 33.7 Å². The standard InChI is InChI=1S/C19H26N4O/c1-22(2)18(24)14-20-19(21-17-8-9-17)23-12-10-16(11-13-23)15-6-4-3-5-7-15/h3-7,10,17H,8-9,11-14H2,1-2H3,(H,20,21). The molecule has 5 heteroatoms. The van der Waals surface area contributed by atoms with Crippen LogP contribution in [0.2, 0.25) is 0 Å². The molecule has 1 aromatic rings. The van der Waals surface area contributed by atoms with Gasteiger partial charge < -0.3 is 15.1 Å². The van der Waals surface area contributed by atoms with Crippen LogP contribution in [0.25, 0.3) is 5.57 Å². The van der Waals surface area contributed by atoms with E-state index < -0.39 is 0 Å². The summed E-state index contributed by atoms with van der Waals surface area (Å²) in [5.41, 5.74) is 2.69. The van der Waals surface area contributed by atoms with Gasteiger partial charge in [0.1, 0.15) is 6.54 Å². The Kier molecular flexibility index (Phi) is 5.18. The fourth-order valence-corrected chi connectivity index (χ4v) is 2.71. The summed E-state index contributed by atoms with van der Waals surface area (Å²) in [6, 6.07) is 11.1. The summed E-state index contributed by atoms with van der Waals surface area (Å²) in [5, 5.41) is 3.49. The lowest BCUT2D eigenvalue weighted by atomic mass is 10.00. The average molecular weight is 326 g/mol. The fraction of sp³-hybridized carbons (Fsp3) is 0.474. The van der Waals surface area contributed by atoms with Crippen molar-refractivity contribution in [2.45, 2.75) is 25.3 Å². The Hall–Kier alpha value is -2.30. The second-order valence-corrected chi connectivity index (χ2v) is 6.64. The van der Waals surface area contributed by atoms with Gasteiger partial charge in [0.25, 0.3) is 0 Å². The first kappa shape index (κ1) is 16.6. The molecule has 0 saturated heterocycles.